The summed E-state index contributed by atoms with van der Waals surface area (Å²) in [4.78, 5) is 26.1. The number of para-hydroxylation sites is 2. The summed E-state index contributed by atoms with van der Waals surface area (Å²) in [6.07, 6.45) is 1.41. The summed E-state index contributed by atoms with van der Waals surface area (Å²) in [5.74, 6) is 1.34. The predicted octanol–water partition coefficient (Wildman–Crippen LogP) is 5.88. The lowest BCUT2D eigenvalue weighted by atomic mass is 10.1. The van der Waals surface area contributed by atoms with Crippen LogP contribution < -0.4 is 24.3 Å². The number of thiophene rings is 1. The van der Waals surface area contributed by atoms with Crippen LogP contribution in [0.1, 0.15) is 59.1 Å². The van der Waals surface area contributed by atoms with Gasteiger partial charge in [-0.3, -0.25) is 4.79 Å². The van der Waals surface area contributed by atoms with E-state index in [1.165, 1.54) is 18.4 Å². The minimum Gasteiger partial charge on any atom is -0.493 e. The number of benzene rings is 2. The quantitative estimate of drug-likeness (QED) is 0.269. The van der Waals surface area contributed by atoms with Crippen LogP contribution in [0.25, 0.3) is 0 Å². The number of methoxy groups -OCH3 is 1. The van der Waals surface area contributed by atoms with Crippen molar-refractivity contribution in [3.63, 3.8) is 0 Å². The average Bonchev–Trinajstić information content (AvgIpc) is 3.32. The number of unbranched alkanes of at least 4 members (excludes halogenated alkanes) is 1. The van der Waals surface area contributed by atoms with Crippen LogP contribution in [-0.2, 0) is 4.74 Å². The van der Waals surface area contributed by atoms with E-state index < -0.39 is 18.0 Å². The van der Waals surface area contributed by atoms with Gasteiger partial charge >= 0.3 is 5.97 Å². The first kappa shape index (κ1) is 25.4. The molecule has 0 spiro atoms. The fourth-order valence-corrected chi connectivity index (χ4v) is 4.70. The summed E-state index contributed by atoms with van der Waals surface area (Å²) < 4.78 is 28.4. The Balaban J connectivity index is 1.57. The van der Waals surface area contributed by atoms with Crippen LogP contribution in [0, 0.1) is 0 Å². The summed E-state index contributed by atoms with van der Waals surface area (Å²) in [5, 5.41) is 5.01. The molecule has 4 rings (SSSR count). The Kier molecular flexibility index (Phi) is 8.32. The standard InChI is InChI=1S/C27H29NO7S/c1-4-6-13-33-20-12-11-17(14-22(20)31-3)25(29)28-26-24(27(30)32-5-2)18(16-36-26)23-15-34-19-9-7-8-10-21(19)35-23/h7-12,14,16,23H,4-6,13,15H2,1-3H3,(H,28,29)/t23-/m0/s1. The highest BCUT2D eigenvalue weighted by Crippen LogP contribution is 2.40. The molecule has 36 heavy (non-hydrogen) atoms. The molecule has 2 heterocycles. The topological polar surface area (TPSA) is 92.3 Å². The highest BCUT2D eigenvalue weighted by molar-refractivity contribution is 7.15. The number of esters is 1. The maximum atomic E-state index is 13.1. The van der Waals surface area contributed by atoms with Gasteiger partial charge in [0.25, 0.3) is 5.91 Å². The molecule has 1 aliphatic heterocycles. The van der Waals surface area contributed by atoms with E-state index in [-0.39, 0.29) is 18.8 Å². The van der Waals surface area contributed by atoms with E-state index in [0.717, 1.165) is 12.8 Å². The highest BCUT2D eigenvalue weighted by Gasteiger charge is 2.31. The molecular formula is C27H29NO7S. The predicted molar refractivity (Wildman–Crippen MR) is 137 cm³/mol. The molecule has 1 aromatic heterocycles. The molecule has 8 nitrogen and oxygen atoms in total. The Morgan fingerprint density at radius 2 is 1.92 bits per heavy atom. The zero-order valence-electron chi connectivity index (χ0n) is 20.5. The maximum absolute atomic E-state index is 13.1. The number of carbonyl (C=O) groups is 2. The summed E-state index contributed by atoms with van der Waals surface area (Å²) in [6, 6.07) is 12.3. The van der Waals surface area contributed by atoms with Crippen LogP contribution in [0.2, 0.25) is 0 Å². The molecule has 0 aliphatic carbocycles. The molecule has 1 N–H and O–H groups in total. The van der Waals surface area contributed by atoms with E-state index in [2.05, 4.69) is 12.2 Å². The summed E-state index contributed by atoms with van der Waals surface area (Å²) >= 11 is 1.23. The lowest BCUT2D eigenvalue weighted by Crippen LogP contribution is -2.24. The lowest BCUT2D eigenvalue weighted by molar-refractivity contribution is 0.0513. The number of nitrogens with one attached hydrogen (secondary N) is 1. The molecule has 0 saturated carbocycles. The third-order valence-electron chi connectivity index (χ3n) is 5.56. The molecule has 1 aliphatic rings. The molecule has 1 atom stereocenters. The van der Waals surface area contributed by atoms with Gasteiger partial charge in [-0.1, -0.05) is 25.5 Å². The van der Waals surface area contributed by atoms with Gasteiger partial charge in [-0.05, 0) is 43.7 Å². The fourth-order valence-electron chi connectivity index (χ4n) is 3.72. The van der Waals surface area contributed by atoms with Gasteiger partial charge in [0, 0.05) is 16.5 Å². The second kappa shape index (κ2) is 11.8. The molecule has 9 heteroatoms. The van der Waals surface area contributed by atoms with E-state index in [1.54, 1.807) is 30.5 Å². The van der Waals surface area contributed by atoms with Gasteiger partial charge in [0.15, 0.2) is 29.1 Å². The van der Waals surface area contributed by atoms with Crippen molar-refractivity contribution in [2.75, 3.05) is 32.2 Å². The van der Waals surface area contributed by atoms with E-state index in [0.29, 0.717) is 45.7 Å². The second-order valence-electron chi connectivity index (χ2n) is 8.00. The van der Waals surface area contributed by atoms with Crippen LogP contribution in [-0.4, -0.2) is 38.8 Å². The molecular weight excluding hydrogens is 482 g/mol. The van der Waals surface area contributed by atoms with Crippen molar-refractivity contribution in [2.24, 2.45) is 0 Å². The number of hydrogen-bond donors (Lipinski definition) is 1. The van der Waals surface area contributed by atoms with Gasteiger partial charge in [0.2, 0.25) is 0 Å². The Labute approximate surface area is 214 Å². The molecule has 0 radical (unpaired) electrons. The monoisotopic (exact) mass is 511 g/mol. The minimum atomic E-state index is -0.538. The van der Waals surface area contributed by atoms with Crippen molar-refractivity contribution in [3.8, 4) is 23.0 Å². The molecule has 3 aromatic rings. The molecule has 0 bridgehead atoms. The van der Waals surface area contributed by atoms with Crippen LogP contribution in [0.4, 0.5) is 5.00 Å². The van der Waals surface area contributed by atoms with Gasteiger partial charge in [-0.25, -0.2) is 4.79 Å². The molecule has 0 fully saturated rings. The molecule has 190 valence electrons. The van der Waals surface area contributed by atoms with Crippen molar-refractivity contribution in [1.82, 2.24) is 0 Å². The van der Waals surface area contributed by atoms with Gasteiger partial charge < -0.3 is 29.0 Å². The third-order valence-corrected chi connectivity index (χ3v) is 6.48. The number of carbonyl (C=O) groups excluding carboxylic acids is 2. The largest absolute Gasteiger partial charge is 0.493 e. The van der Waals surface area contributed by atoms with Crippen molar-refractivity contribution in [2.45, 2.75) is 32.8 Å². The van der Waals surface area contributed by atoms with Crippen molar-refractivity contribution < 1.29 is 33.3 Å². The third kappa shape index (κ3) is 5.57. The number of amides is 1. The SMILES string of the molecule is CCCCOc1ccc(C(=O)Nc2scc([C@@H]3COc4ccccc4O3)c2C(=O)OCC)cc1OC. The Hall–Kier alpha value is -3.72. The van der Waals surface area contributed by atoms with Gasteiger partial charge in [0.05, 0.1) is 20.3 Å². The Morgan fingerprint density at radius 3 is 2.67 bits per heavy atom. The number of anilines is 1. The van der Waals surface area contributed by atoms with E-state index in [9.17, 15) is 9.59 Å². The molecule has 2 aromatic carbocycles. The van der Waals surface area contributed by atoms with Crippen LogP contribution >= 0.6 is 11.3 Å². The average molecular weight is 512 g/mol. The molecule has 0 unspecified atom stereocenters. The van der Waals surface area contributed by atoms with Crippen molar-refractivity contribution in [1.29, 1.82) is 0 Å². The normalized spacial score (nSPS) is 14.1. The second-order valence-corrected chi connectivity index (χ2v) is 8.88. The maximum Gasteiger partial charge on any atom is 0.341 e. The Morgan fingerprint density at radius 1 is 1.11 bits per heavy atom. The number of rotatable bonds is 10. The first-order valence-corrected chi connectivity index (χ1v) is 12.7. The lowest BCUT2D eigenvalue weighted by Gasteiger charge is -2.26. The van der Waals surface area contributed by atoms with Crippen LogP contribution in [0.5, 0.6) is 23.0 Å². The van der Waals surface area contributed by atoms with E-state index in [4.69, 9.17) is 23.7 Å². The summed E-state index contributed by atoms with van der Waals surface area (Å²) in [5.41, 5.74) is 1.22. The zero-order valence-corrected chi connectivity index (χ0v) is 21.3. The summed E-state index contributed by atoms with van der Waals surface area (Å²) in [6.45, 7) is 4.81. The van der Waals surface area contributed by atoms with Gasteiger partial charge in [-0.15, -0.1) is 11.3 Å². The summed E-state index contributed by atoms with van der Waals surface area (Å²) in [7, 11) is 1.53. The van der Waals surface area contributed by atoms with Crippen LogP contribution in [0.15, 0.2) is 47.8 Å². The van der Waals surface area contributed by atoms with E-state index >= 15 is 0 Å². The first-order valence-electron chi connectivity index (χ1n) is 11.8. The smallest absolute Gasteiger partial charge is 0.341 e. The van der Waals surface area contributed by atoms with Gasteiger partial charge in [0.1, 0.15) is 17.2 Å². The highest BCUT2D eigenvalue weighted by atomic mass is 32.1. The van der Waals surface area contributed by atoms with Crippen molar-refractivity contribution >= 4 is 28.2 Å². The first-order chi connectivity index (χ1) is 17.5. The minimum absolute atomic E-state index is 0.197. The number of fused-ring (bicyclic) bond motifs is 1. The van der Waals surface area contributed by atoms with E-state index in [1.807, 2.05) is 24.3 Å². The van der Waals surface area contributed by atoms with Crippen molar-refractivity contribution in [3.05, 3.63) is 64.5 Å². The molecule has 1 amide bonds. The fraction of sp³-hybridized carbons (Fsp3) is 0.333. The number of hydrogen-bond acceptors (Lipinski definition) is 8. The van der Waals surface area contributed by atoms with Crippen LogP contribution in [0.3, 0.4) is 0 Å². The molecule has 0 saturated heterocycles. The Bertz CT molecular complexity index is 1220. The number of ether oxygens (including phenoxy) is 5. The van der Waals surface area contributed by atoms with Gasteiger partial charge in [-0.2, -0.15) is 0 Å². The zero-order chi connectivity index (χ0) is 25.5.